The van der Waals surface area contributed by atoms with Crippen molar-refractivity contribution >= 4 is 10.0 Å². The van der Waals surface area contributed by atoms with Crippen LogP contribution in [-0.2, 0) is 21.3 Å². The molecule has 0 radical (unpaired) electrons. The number of sulfonamides is 1. The highest BCUT2D eigenvalue weighted by Gasteiger charge is 2.33. The maximum atomic E-state index is 12.3. The van der Waals surface area contributed by atoms with Gasteiger partial charge in [-0.1, -0.05) is 18.2 Å². The van der Waals surface area contributed by atoms with E-state index in [2.05, 4.69) is 10.0 Å². The summed E-state index contributed by atoms with van der Waals surface area (Å²) in [6.45, 7) is 0.530. The summed E-state index contributed by atoms with van der Waals surface area (Å²) in [4.78, 5) is 0.352. The van der Waals surface area contributed by atoms with E-state index in [4.69, 9.17) is 4.74 Å². The minimum Gasteiger partial charge on any atom is -0.381 e. The first-order chi connectivity index (χ1) is 9.06. The lowest BCUT2D eigenvalue weighted by molar-refractivity contribution is 0.0236. The first-order valence-corrected chi connectivity index (χ1v) is 7.82. The average molecular weight is 284 g/mol. The molecule has 2 rings (SSSR count). The Morgan fingerprint density at radius 2 is 2.00 bits per heavy atom. The van der Waals surface area contributed by atoms with E-state index in [1.807, 2.05) is 12.1 Å². The average Bonchev–Trinajstić information content (AvgIpc) is 2.34. The number of nitrogens with one attached hydrogen (secondary N) is 2. The van der Waals surface area contributed by atoms with Crippen LogP contribution in [0.1, 0.15) is 18.4 Å². The normalized spacial score (nSPS) is 23.1. The number of ether oxygens (including phenoxy) is 1. The number of methoxy groups -OCH3 is 1. The van der Waals surface area contributed by atoms with Gasteiger partial charge in [0.2, 0.25) is 10.0 Å². The summed E-state index contributed by atoms with van der Waals surface area (Å²) >= 11 is 0. The number of rotatable bonds is 6. The molecule has 0 saturated heterocycles. The molecule has 1 aliphatic carbocycles. The molecule has 1 fully saturated rings. The Balaban J connectivity index is 2.11. The van der Waals surface area contributed by atoms with Gasteiger partial charge in [0.15, 0.2) is 0 Å². The highest BCUT2D eigenvalue weighted by molar-refractivity contribution is 7.89. The van der Waals surface area contributed by atoms with Crippen LogP contribution >= 0.6 is 0 Å². The smallest absolute Gasteiger partial charge is 0.241 e. The van der Waals surface area contributed by atoms with Gasteiger partial charge in [-0.25, -0.2) is 13.1 Å². The van der Waals surface area contributed by atoms with Crippen LogP contribution in [0.2, 0.25) is 0 Å². The Bertz CT molecular complexity index is 524. The molecule has 106 valence electrons. The standard InChI is InChI=1S/C13H20N2O3S/c1-14-9-10-5-3-4-6-13(10)19(16,17)15-11-7-12(8-11)18-2/h3-6,11-12,14-15H,7-9H2,1-2H3. The summed E-state index contributed by atoms with van der Waals surface area (Å²) < 4.78 is 32.6. The van der Waals surface area contributed by atoms with Crippen molar-refractivity contribution in [2.45, 2.75) is 36.4 Å². The molecule has 0 heterocycles. The van der Waals surface area contributed by atoms with Crippen LogP contribution in [0.25, 0.3) is 0 Å². The summed E-state index contributed by atoms with van der Waals surface area (Å²) in [5.41, 5.74) is 0.778. The van der Waals surface area contributed by atoms with Crippen molar-refractivity contribution in [3.05, 3.63) is 29.8 Å². The maximum absolute atomic E-state index is 12.3. The molecule has 5 nitrogen and oxygen atoms in total. The van der Waals surface area contributed by atoms with Crippen LogP contribution in [0, 0.1) is 0 Å². The van der Waals surface area contributed by atoms with E-state index in [1.54, 1.807) is 26.3 Å². The molecule has 1 aromatic rings. The van der Waals surface area contributed by atoms with E-state index in [0.717, 1.165) is 18.4 Å². The van der Waals surface area contributed by atoms with Gasteiger partial charge in [0.05, 0.1) is 11.0 Å². The molecule has 0 amide bonds. The summed E-state index contributed by atoms with van der Waals surface area (Å²) in [6.07, 6.45) is 1.66. The Morgan fingerprint density at radius 1 is 1.32 bits per heavy atom. The van der Waals surface area contributed by atoms with Crippen molar-refractivity contribution in [3.8, 4) is 0 Å². The molecule has 2 N–H and O–H groups in total. The third kappa shape index (κ3) is 3.33. The Hall–Kier alpha value is -0.950. The molecule has 0 aliphatic heterocycles. The summed E-state index contributed by atoms with van der Waals surface area (Å²) in [5, 5.41) is 2.98. The van der Waals surface area contributed by atoms with Crippen molar-refractivity contribution < 1.29 is 13.2 Å². The fourth-order valence-electron chi connectivity index (χ4n) is 2.24. The van der Waals surface area contributed by atoms with Gasteiger partial charge in [-0.2, -0.15) is 0 Å². The molecule has 0 spiro atoms. The molecule has 19 heavy (non-hydrogen) atoms. The zero-order valence-corrected chi connectivity index (χ0v) is 12.0. The Morgan fingerprint density at radius 3 is 2.63 bits per heavy atom. The zero-order valence-electron chi connectivity index (χ0n) is 11.2. The van der Waals surface area contributed by atoms with Gasteiger partial charge in [0, 0.05) is 19.7 Å². The van der Waals surface area contributed by atoms with Gasteiger partial charge < -0.3 is 10.1 Å². The van der Waals surface area contributed by atoms with Gasteiger partial charge in [0.25, 0.3) is 0 Å². The molecular weight excluding hydrogens is 264 g/mol. The predicted molar refractivity (Wildman–Crippen MR) is 73.3 cm³/mol. The number of hydrogen-bond donors (Lipinski definition) is 2. The first kappa shape index (κ1) is 14.5. The third-order valence-corrected chi connectivity index (χ3v) is 5.00. The third-order valence-electron chi connectivity index (χ3n) is 3.38. The molecule has 1 aliphatic rings. The fraction of sp³-hybridized carbons (Fsp3) is 0.538. The van der Waals surface area contributed by atoms with E-state index in [-0.39, 0.29) is 12.1 Å². The molecule has 0 aromatic heterocycles. The second-order valence-electron chi connectivity index (χ2n) is 4.79. The van der Waals surface area contributed by atoms with Crippen LogP contribution in [-0.4, -0.2) is 34.7 Å². The summed E-state index contributed by atoms with van der Waals surface area (Å²) in [5.74, 6) is 0. The van der Waals surface area contributed by atoms with Crippen molar-refractivity contribution in [2.24, 2.45) is 0 Å². The lowest BCUT2D eigenvalue weighted by atomic mass is 9.90. The van der Waals surface area contributed by atoms with Crippen LogP contribution in [0.3, 0.4) is 0 Å². The molecule has 6 heteroatoms. The maximum Gasteiger partial charge on any atom is 0.241 e. The molecule has 1 aromatic carbocycles. The monoisotopic (exact) mass is 284 g/mol. The van der Waals surface area contributed by atoms with Crippen LogP contribution < -0.4 is 10.0 Å². The molecule has 1 saturated carbocycles. The van der Waals surface area contributed by atoms with E-state index in [0.29, 0.717) is 11.4 Å². The lowest BCUT2D eigenvalue weighted by Crippen LogP contribution is -2.47. The van der Waals surface area contributed by atoms with Gasteiger partial charge in [-0.3, -0.25) is 0 Å². The van der Waals surface area contributed by atoms with Gasteiger partial charge >= 0.3 is 0 Å². The lowest BCUT2D eigenvalue weighted by Gasteiger charge is -2.34. The quantitative estimate of drug-likeness (QED) is 0.813. The highest BCUT2D eigenvalue weighted by atomic mass is 32.2. The number of hydrogen-bond acceptors (Lipinski definition) is 4. The van der Waals surface area contributed by atoms with E-state index in [1.165, 1.54) is 0 Å². The van der Waals surface area contributed by atoms with Crippen molar-refractivity contribution in [3.63, 3.8) is 0 Å². The zero-order chi connectivity index (χ0) is 13.9. The summed E-state index contributed by atoms with van der Waals surface area (Å²) in [7, 11) is -0.00246. The SMILES string of the molecule is CNCc1ccccc1S(=O)(=O)NC1CC(OC)C1. The number of benzene rings is 1. The van der Waals surface area contributed by atoms with Gasteiger partial charge in [-0.05, 0) is 31.5 Å². The molecule has 0 atom stereocenters. The Labute approximate surface area is 114 Å². The van der Waals surface area contributed by atoms with E-state index >= 15 is 0 Å². The Kier molecular flexibility index (Phi) is 4.57. The highest BCUT2D eigenvalue weighted by Crippen LogP contribution is 2.25. The molecular formula is C13H20N2O3S. The first-order valence-electron chi connectivity index (χ1n) is 6.34. The largest absolute Gasteiger partial charge is 0.381 e. The minimum atomic E-state index is -3.45. The minimum absolute atomic E-state index is 0.0161. The van der Waals surface area contributed by atoms with Crippen molar-refractivity contribution in [1.82, 2.24) is 10.0 Å². The van der Waals surface area contributed by atoms with Crippen molar-refractivity contribution in [2.75, 3.05) is 14.2 Å². The second-order valence-corrected chi connectivity index (χ2v) is 6.47. The molecule has 0 unspecified atom stereocenters. The van der Waals surface area contributed by atoms with Gasteiger partial charge in [0.1, 0.15) is 0 Å². The van der Waals surface area contributed by atoms with Crippen LogP contribution in [0.5, 0.6) is 0 Å². The second kappa shape index (κ2) is 6.00. The fourth-order valence-corrected chi connectivity index (χ4v) is 3.74. The predicted octanol–water partition coefficient (Wildman–Crippen LogP) is 0.862. The van der Waals surface area contributed by atoms with E-state index < -0.39 is 10.0 Å². The topological polar surface area (TPSA) is 67.4 Å². The van der Waals surface area contributed by atoms with Crippen LogP contribution in [0.15, 0.2) is 29.2 Å². The van der Waals surface area contributed by atoms with E-state index in [9.17, 15) is 8.42 Å². The van der Waals surface area contributed by atoms with Gasteiger partial charge in [-0.15, -0.1) is 0 Å². The molecule has 0 bridgehead atoms. The summed E-state index contributed by atoms with van der Waals surface area (Å²) in [6, 6.07) is 7.03. The van der Waals surface area contributed by atoms with Crippen LogP contribution in [0.4, 0.5) is 0 Å². The van der Waals surface area contributed by atoms with Crippen molar-refractivity contribution in [1.29, 1.82) is 0 Å².